The molecule has 1 aromatic carbocycles. The molecular weight excluding hydrogens is 314 g/mol. The minimum Gasteiger partial charge on any atom is -0.496 e. The molecule has 4 rings (SSSR count). The van der Waals surface area contributed by atoms with Crippen molar-refractivity contribution >= 4 is 0 Å². The lowest BCUT2D eigenvalue weighted by atomic mass is 10.0. The minimum absolute atomic E-state index is 0.574. The summed E-state index contributed by atoms with van der Waals surface area (Å²) in [6.07, 6.45) is 1.85. The number of methoxy groups -OCH3 is 1. The van der Waals surface area contributed by atoms with Crippen LogP contribution in [0.3, 0.4) is 0 Å². The maximum absolute atomic E-state index is 5.83. The zero-order chi connectivity index (χ0) is 17.2. The summed E-state index contributed by atoms with van der Waals surface area (Å²) in [5.41, 5.74) is 4.52. The number of aromatic nitrogens is 3. The van der Waals surface area contributed by atoms with Crippen LogP contribution in [0, 0.1) is 6.92 Å². The molecule has 0 unspecified atom stereocenters. The van der Waals surface area contributed by atoms with Crippen LogP contribution in [0.25, 0.3) is 22.8 Å². The Morgan fingerprint density at radius 3 is 2.72 bits per heavy atom. The molecule has 3 heterocycles. The summed E-state index contributed by atoms with van der Waals surface area (Å²) in [6.45, 7) is 2.63. The van der Waals surface area contributed by atoms with Crippen molar-refractivity contribution < 1.29 is 9.47 Å². The number of benzene rings is 1. The lowest BCUT2D eigenvalue weighted by Gasteiger charge is -2.20. The van der Waals surface area contributed by atoms with Crippen molar-refractivity contribution in [3.8, 4) is 34.4 Å². The first kappa shape index (κ1) is 15.6. The molecule has 25 heavy (non-hydrogen) atoms. The normalized spacial score (nSPS) is 13.0. The number of rotatable bonds is 3. The molecule has 0 radical (unpaired) electrons. The second-order valence-corrected chi connectivity index (χ2v) is 6.00. The van der Waals surface area contributed by atoms with Crippen molar-refractivity contribution in [2.45, 2.75) is 19.8 Å². The maximum atomic E-state index is 5.83. The molecule has 0 fully saturated rings. The molecule has 0 atom stereocenters. The number of hydrogen-bond acceptors (Lipinski definition) is 5. The quantitative estimate of drug-likeness (QED) is 0.729. The Balaban J connectivity index is 1.95. The third-order valence-electron chi connectivity index (χ3n) is 4.26. The minimum atomic E-state index is 0.574. The molecular formula is C20H19N3O2. The molecule has 1 aliphatic heterocycles. The van der Waals surface area contributed by atoms with Crippen molar-refractivity contribution in [3.05, 3.63) is 53.7 Å². The highest BCUT2D eigenvalue weighted by molar-refractivity contribution is 5.73. The van der Waals surface area contributed by atoms with Crippen molar-refractivity contribution in [2.24, 2.45) is 0 Å². The second-order valence-electron chi connectivity index (χ2n) is 6.00. The number of aryl methyl sites for hydroxylation is 1. The number of pyridine rings is 1. The van der Waals surface area contributed by atoms with E-state index in [9.17, 15) is 0 Å². The molecule has 0 N–H and O–H groups in total. The van der Waals surface area contributed by atoms with Crippen LogP contribution in [0.5, 0.6) is 11.6 Å². The van der Waals surface area contributed by atoms with Crippen LogP contribution < -0.4 is 9.47 Å². The monoisotopic (exact) mass is 333 g/mol. The van der Waals surface area contributed by atoms with Crippen LogP contribution in [0.4, 0.5) is 0 Å². The van der Waals surface area contributed by atoms with E-state index in [1.54, 1.807) is 7.11 Å². The third kappa shape index (κ3) is 2.93. The lowest BCUT2D eigenvalue weighted by Crippen LogP contribution is -2.13. The molecule has 3 aromatic rings. The van der Waals surface area contributed by atoms with Crippen molar-refractivity contribution in [1.29, 1.82) is 0 Å². The first-order chi connectivity index (χ1) is 12.3. The number of hydrogen-bond donors (Lipinski definition) is 0. The molecule has 0 bridgehead atoms. The highest BCUT2D eigenvalue weighted by Gasteiger charge is 2.22. The Morgan fingerprint density at radius 1 is 1.00 bits per heavy atom. The summed E-state index contributed by atoms with van der Waals surface area (Å²) in [4.78, 5) is 14.0. The van der Waals surface area contributed by atoms with E-state index >= 15 is 0 Å². The fourth-order valence-electron chi connectivity index (χ4n) is 3.07. The van der Waals surface area contributed by atoms with Crippen LogP contribution in [-0.4, -0.2) is 28.7 Å². The first-order valence-electron chi connectivity index (χ1n) is 8.37. The van der Waals surface area contributed by atoms with E-state index in [1.165, 1.54) is 0 Å². The van der Waals surface area contributed by atoms with Crippen LogP contribution in [0.1, 0.15) is 17.7 Å². The Bertz CT molecular complexity index is 925. The zero-order valence-corrected chi connectivity index (χ0v) is 14.3. The van der Waals surface area contributed by atoms with E-state index in [-0.39, 0.29) is 0 Å². The van der Waals surface area contributed by atoms with Gasteiger partial charge in [-0.3, -0.25) is 0 Å². The topological polar surface area (TPSA) is 57.1 Å². The van der Waals surface area contributed by atoms with E-state index in [0.29, 0.717) is 18.3 Å². The summed E-state index contributed by atoms with van der Waals surface area (Å²) in [5, 5.41) is 0. The van der Waals surface area contributed by atoms with Gasteiger partial charge in [-0.25, -0.2) is 9.97 Å². The summed E-state index contributed by atoms with van der Waals surface area (Å²) in [6, 6.07) is 13.7. The van der Waals surface area contributed by atoms with E-state index in [4.69, 9.17) is 14.5 Å². The summed E-state index contributed by atoms with van der Waals surface area (Å²) >= 11 is 0. The fraction of sp³-hybridized carbons (Fsp3) is 0.250. The highest BCUT2D eigenvalue weighted by Crippen LogP contribution is 2.37. The summed E-state index contributed by atoms with van der Waals surface area (Å²) < 4.78 is 11.4. The van der Waals surface area contributed by atoms with E-state index in [0.717, 1.165) is 46.8 Å². The fourth-order valence-corrected chi connectivity index (χ4v) is 3.07. The van der Waals surface area contributed by atoms with Crippen molar-refractivity contribution in [1.82, 2.24) is 15.0 Å². The summed E-state index contributed by atoms with van der Waals surface area (Å²) in [7, 11) is 1.67. The maximum Gasteiger partial charge on any atom is 0.220 e. The average Bonchev–Trinajstić information content (AvgIpc) is 2.67. The van der Waals surface area contributed by atoms with Crippen LogP contribution >= 0.6 is 0 Å². The van der Waals surface area contributed by atoms with Gasteiger partial charge in [0, 0.05) is 16.8 Å². The van der Waals surface area contributed by atoms with Gasteiger partial charge in [0.1, 0.15) is 11.4 Å². The van der Waals surface area contributed by atoms with Gasteiger partial charge in [-0.1, -0.05) is 18.2 Å². The molecule has 2 aromatic heterocycles. The van der Waals surface area contributed by atoms with Gasteiger partial charge in [-0.2, -0.15) is 4.98 Å². The molecule has 0 spiro atoms. The van der Waals surface area contributed by atoms with Gasteiger partial charge in [0.05, 0.1) is 19.4 Å². The molecule has 1 aliphatic rings. The number of para-hydroxylation sites is 1. The van der Waals surface area contributed by atoms with Gasteiger partial charge in [0.25, 0.3) is 0 Å². The van der Waals surface area contributed by atoms with Gasteiger partial charge < -0.3 is 9.47 Å². The first-order valence-corrected chi connectivity index (χ1v) is 8.37. The van der Waals surface area contributed by atoms with Gasteiger partial charge in [-0.05, 0) is 44.0 Å². The van der Waals surface area contributed by atoms with Gasteiger partial charge >= 0.3 is 0 Å². The highest BCUT2D eigenvalue weighted by atomic mass is 16.5. The molecule has 0 saturated heterocycles. The van der Waals surface area contributed by atoms with Crippen molar-refractivity contribution in [3.63, 3.8) is 0 Å². The van der Waals surface area contributed by atoms with Gasteiger partial charge in [-0.15, -0.1) is 0 Å². The van der Waals surface area contributed by atoms with Gasteiger partial charge in [0.15, 0.2) is 5.82 Å². The Labute approximate surface area is 146 Å². The molecule has 0 saturated carbocycles. The lowest BCUT2D eigenvalue weighted by molar-refractivity contribution is 0.276. The number of fused-ring (bicyclic) bond motifs is 1. The van der Waals surface area contributed by atoms with E-state index in [1.807, 2.05) is 49.4 Å². The van der Waals surface area contributed by atoms with E-state index < -0.39 is 0 Å². The molecule has 0 aliphatic carbocycles. The van der Waals surface area contributed by atoms with Crippen LogP contribution in [-0.2, 0) is 6.42 Å². The third-order valence-corrected chi connectivity index (χ3v) is 4.26. The standard InChI is InChI=1S/C20H19N3O2/c1-13-7-5-10-16(21-13)19-22-18(14-8-3-4-11-17(14)24-2)15-9-6-12-25-20(15)23-19/h3-5,7-8,10-11H,6,9,12H2,1-2H3. The second kappa shape index (κ2) is 6.51. The predicted molar refractivity (Wildman–Crippen MR) is 95.8 cm³/mol. The Kier molecular flexibility index (Phi) is 4.06. The zero-order valence-electron chi connectivity index (χ0n) is 14.3. The van der Waals surface area contributed by atoms with E-state index in [2.05, 4.69) is 9.97 Å². The number of ether oxygens (including phenoxy) is 2. The smallest absolute Gasteiger partial charge is 0.220 e. The molecule has 5 heteroatoms. The predicted octanol–water partition coefficient (Wildman–Crippen LogP) is 3.85. The molecule has 0 amide bonds. The molecule has 126 valence electrons. The van der Waals surface area contributed by atoms with Crippen molar-refractivity contribution in [2.75, 3.05) is 13.7 Å². The van der Waals surface area contributed by atoms with Gasteiger partial charge in [0.2, 0.25) is 5.88 Å². The average molecular weight is 333 g/mol. The summed E-state index contributed by atoms with van der Waals surface area (Å²) in [5.74, 6) is 2.02. The Morgan fingerprint density at radius 2 is 1.88 bits per heavy atom. The largest absolute Gasteiger partial charge is 0.496 e. The SMILES string of the molecule is COc1ccccc1-c1nc(-c2cccc(C)n2)nc2c1CCCO2. The van der Waals surface area contributed by atoms with Crippen LogP contribution in [0.2, 0.25) is 0 Å². The van der Waals surface area contributed by atoms with Crippen LogP contribution in [0.15, 0.2) is 42.5 Å². The number of nitrogens with zero attached hydrogens (tertiary/aromatic N) is 3. The molecule has 5 nitrogen and oxygen atoms in total. The Hall–Kier alpha value is -2.95.